The van der Waals surface area contributed by atoms with E-state index >= 15 is 0 Å². The van der Waals surface area contributed by atoms with Crippen molar-refractivity contribution in [2.45, 2.75) is 6.92 Å². The zero-order valence-corrected chi connectivity index (χ0v) is 14.6. The second-order valence-corrected chi connectivity index (χ2v) is 5.71. The van der Waals surface area contributed by atoms with Gasteiger partial charge in [0.1, 0.15) is 11.6 Å². The van der Waals surface area contributed by atoms with E-state index in [-0.39, 0.29) is 11.3 Å². The Balaban J connectivity index is 1.75. The van der Waals surface area contributed by atoms with Gasteiger partial charge in [0.05, 0.1) is 22.9 Å². The van der Waals surface area contributed by atoms with Crippen molar-refractivity contribution < 1.29 is 13.9 Å². The summed E-state index contributed by atoms with van der Waals surface area (Å²) < 4.78 is 19.3. The maximum atomic E-state index is 14.0. The van der Waals surface area contributed by atoms with Crippen molar-refractivity contribution in [1.82, 2.24) is 9.97 Å². The van der Waals surface area contributed by atoms with Gasteiger partial charge in [-0.25, -0.2) is 14.4 Å². The van der Waals surface area contributed by atoms with Crippen LogP contribution in [0.25, 0.3) is 11.4 Å². The molecule has 0 spiro atoms. The summed E-state index contributed by atoms with van der Waals surface area (Å²) in [4.78, 5) is 20.6. The Morgan fingerprint density at radius 3 is 2.58 bits per heavy atom. The minimum atomic E-state index is -0.585. The van der Waals surface area contributed by atoms with Gasteiger partial charge >= 0.3 is 0 Å². The van der Waals surface area contributed by atoms with Crippen molar-refractivity contribution in [2.24, 2.45) is 0 Å². The fourth-order valence-corrected chi connectivity index (χ4v) is 2.50. The third kappa shape index (κ3) is 3.97. The normalized spacial score (nSPS) is 10.4. The van der Waals surface area contributed by atoms with Crippen LogP contribution < -0.4 is 10.1 Å². The first kappa shape index (κ1) is 17.8. The average Bonchev–Trinajstić information content (AvgIpc) is 2.65. The van der Waals surface area contributed by atoms with Crippen LogP contribution in [0.2, 0.25) is 5.02 Å². The highest BCUT2D eigenvalue weighted by atomic mass is 35.5. The number of carbonyl (C=O) groups is 1. The number of ether oxygens (including phenoxy) is 1. The van der Waals surface area contributed by atoms with Gasteiger partial charge in [-0.2, -0.15) is 0 Å². The molecule has 1 N–H and O–H groups in total. The number of aromatic nitrogens is 2. The molecule has 3 rings (SSSR count). The quantitative estimate of drug-likeness (QED) is 0.712. The summed E-state index contributed by atoms with van der Waals surface area (Å²) in [5, 5.41) is 3.01. The van der Waals surface area contributed by atoms with Gasteiger partial charge < -0.3 is 10.1 Å². The van der Waals surface area contributed by atoms with Gasteiger partial charge in [0.2, 0.25) is 0 Å². The van der Waals surface area contributed by atoms with Crippen LogP contribution in [0.15, 0.2) is 54.9 Å². The molecule has 5 nitrogen and oxygen atoms in total. The van der Waals surface area contributed by atoms with E-state index in [0.717, 1.165) is 0 Å². The summed E-state index contributed by atoms with van der Waals surface area (Å²) in [6.07, 6.45) is 2.74. The van der Waals surface area contributed by atoms with E-state index in [1.54, 1.807) is 31.2 Å². The fraction of sp³-hybridized carbons (Fsp3) is 0.105. The molecule has 1 amide bonds. The minimum absolute atomic E-state index is 0.0497. The van der Waals surface area contributed by atoms with Crippen LogP contribution in [0, 0.1) is 5.82 Å². The van der Waals surface area contributed by atoms with Crippen LogP contribution in [-0.4, -0.2) is 22.5 Å². The number of nitrogens with zero attached hydrogens (tertiary/aromatic N) is 2. The third-order valence-corrected chi connectivity index (χ3v) is 3.86. The Kier molecular flexibility index (Phi) is 5.43. The Hall–Kier alpha value is -2.99. The van der Waals surface area contributed by atoms with Crippen LogP contribution >= 0.6 is 11.6 Å². The third-order valence-electron chi connectivity index (χ3n) is 3.53. The number of hydrogen-bond donors (Lipinski definition) is 1. The van der Waals surface area contributed by atoms with Crippen molar-refractivity contribution >= 4 is 23.2 Å². The standard InChI is InChI=1S/C19H15ClFN3O2/c1-2-26-13-7-8-17(16(21)9-13)24-19(25)12-10-22-18(23-11-12)14-5-3-4-6-15(14)20/h3-11H,2H2,1H3,(H,24,25). The molecule has 0 unspecified atom stereocenters. The summed E-state index contributed by atoms with van der Waals surface area (Å²) in [6, 6.07) is 11.4. The van der Waals surface area contributed by atoms with Crippen LogP contribution in [-0.2, 0) is 0 Å². The van der Waals surface area contributed by atoms with E-state index in [9.17, 15) is 9.18 Å². The van der Waals surface area contributed by atoms with Gasteiger partial charge in [-0.15, -0.1) is 0 Å². The van der Waals surface area contributed by atoms with Gasteiger partial charge in [-0.05, 0) is 31.2 Å². The summed E-state index contributed by atoms with van der Waals surface area (Å²) >= 11 is 6.11. The molecule has 1 heterocycles. The van der Waals surface area contributed by atoms with Gasteiger partial charge in [0, 0.05) is 24.0 Å². The van der Waals surface area contributed by atoms with Gasteiger partial charge in [0.15, 0.2) is 5.82 Å². The molecule has 0 aliphatic carbocycles. The predicted molar refractivity (Wildman–Crippen MR) is 98.0 cm³/mol. The molecule has 0 saturated heterocycles. The lowest BCUT2D eigenvalue weighted by molar-refractivity contribution is 0.102. The topological polar surface area (TPSA) is 64.1 Å². The Labute approximate surface area is 154 Å². The van der Waals surface area contributed by atoms with Crippen molar-refractivity contribution in [3.05, 3.63) is 71.3 Å². The SMILES string of the molecule is CCOc1ccc(NC(=O)c2cnc(-c3ccccc3Cl)nc2)c(F)c1. The molecular formula is C19H15ClFN3O2. The molecule has 132 valence electrons. The number of nitrogens with one attached hydrogen (secondary N) is 1. The van der Waals surface area contributed by atoms with E-state index in [2.05, 4.69) is 15.3 Å². The number of rotatable bonds is 5. The number of amides is 1. The average molecular weight is 372 g/mol. The lowest BCUT2D eigenvalue weighted by Crippen LogP contribution is -2.14. The van der Waals surface area contributed by atoms with Crippen molar-refractivity contribution in [1.29, 1.82) is 0 Å². The smallest absolute Gasteiger partial charge is 0.258 e. The first-order valence-electron chi connectivity index (χ1n) is 7.89. The number of anilines is 1. The number of halogens is 2. The molecule has 0 aliphatic heterocycles. The molecule has 0 aliphatic rings. The number of benzene rings is 2. The van der Waals surface area contributed by atoms with Gasteiger partial charge in [0.25, 0.3) is 5.91 Å². The van der Waals surface area contributed by atoms with E-state index in [4.69, 9.17) is 16.3 Å². The highest BCUT2D eigenvalue weighted by Crippen LogP contribution is 2.24. The fourth-order valence-electron chi connectivity index (χ4n) is 2.28. The van der Waals surface area contributed by atoms with Crippen LogP contribution in [0.5, 0.6) is 5.75 Å². The second-order valence-electron chi connectivity index (χ2n) is 5.30. The summed E-state index contributed by atoms with van der Waals surface area (Å²) in [7, 11) is 0. The van der Waals surface area contributed by atoms with Crippen molar-refractivity contribution in [2.75, 3.05) is 11.9 Å². The lowest BCUT2D eigenvalue weighted by Gasteiger charge is -2.09. The molecule has 7 heteroatoms. The van der Waals surface area contributed by atoms with E-state index in [1.165, 1.54) is 24.5 Å². The molecule has 0 saturated carbocycles. The van der Waals surface area contributed by atoms with Crippen LogP contribution in [0.3, 0.4) is 0 Å². The van der Waals surface area contributed by atoms with Crippen LogP contribution in [0.1, 0.15) is 17.3 Å². The molecule has 3 aromatic rings. The zero-order chi connectivity index (χ0) is 18.5. The van der Waals surface area contributed by atoms with E-state index in [1.807, 2.05) is 6.07 Å². The molecule has 26 heavy (non-hydrogen) atoms. The minimum Gasteiger partial charge on any atom is -0.494 e. The van der Waals surface area contributed by atoms with E-state index < -0.39 is 11.7 Å². The molecule has 2 aromatic carbocycles. The zero-order valence-electron chi connectivity index (χ0n) is 13.9. The predicted octanol–water partition coefficient (Wildman–Crippen LogP) is 4.59. The monoisotopic (exact) mass is 371 g/mol. The Morgan fingerprint density at radius 1 is 1.19 bits per heavy atom. The summed E-state index contributed by atoms with van der Waals surface area (Å²) in [5.74, 6) is -0.300. The van der Waals surface area contributed by atoms with Crippen LogP contribution in [0.4, 0.5) is 10.1 Å². The van der Waals surface area contributed by atoms with Gasteiger partial charge in [-0.1, -0.05) is 23.7 Å². The number of carbonyl (C=O) groups excluding carboxylic acids is 1. The molecular weight excluding hydrogens is 357 g/mol. The maximum Gasteiger partial charge on any atom is 0.258 e. The maximum absolute atomic E-state index is 14.0. The van der Waals surface area contributed by atoms with Crippen molar-refractivity contribution in [3.63, 3.8) is 0 Å². The Bertz CT molecular complexity index is 932. The van der Waals surface area contributed by atoms with Crippen molar-refractivity contribution in [3.8, 4) is 17.1 Å². The number of hydrogen-bond acceptors (Lipinski definition) is 4. The highest BCUT2D eigenvalue weighted by Gasteiger charge is 2.12. The second kappa shape index (κ2) is 7.93. The molecule has 0 fully saturated rings. The van der Waals surface area contributed by atoms with E-state index in [0.29, 0.717) is 28.8 Å². The highest BCUT2D eigenvalue weighted by molar-refractivity contribution is 6.33. The summed E-state index contributed by atoms with van der Waals surface area (Å²) in [6.45, 7) is 2.24. The first-order chi connectivity index (χ1) is 12.6. The summed E-state index contributed by atoms with van der Waals surface area (Å²) in [5.41, 5.74) is 0.918. The lowest BCUT2D eigenvalue weighted by atomic mass is 10.2. The van der Waals surface area contributed by atoms with Gasteiger partial charge in [-0.3, -0.25) is 4.79 Å². The molecule has 1 aromatic heterocycles. The molecule has 0 bridgehead atoms. The Morgan fingerprint density at radius 2 is 1.92 bits per heavy atom. The molecule has 0 atom stereocenters. The molecule has 0 radical (unpaired) electrons. The first-order valence-corrected chi connectivity index (χ1v) is 8.27. The largest absolute Gasteiger partial charge is 0.494 e.